The summed E-state index contributed by atoms with van der Waals surface area (Å²) >= 11 is 4.98. The maximum atomic E-state index is 11.8. The predicted octanol–water partition coefficient (Wildman–Crippen LogP) is 2.87. The Morgan fingerprint density at radius 2 is 2.32 bits per heavy atom. The molecule has 0 radical (unpaired) electrons. The van der Waals surface area contributed by atoms with Gasteiger partial charge in [-0.1, -0.05) is 6.92 Å². The highest BCUT2D eigenvalue weighted by Gasteiger charge is 2.32. The number of aromatic nitrogens is 1. The van der Waals surface area contributed by atoms with Crippen LogP contribution in [-0.4, -0.2) is 35.9 Å². The largest absolute Gasteiger partial charge is 0.468 e. The van der Waals surface area contributed by atoms with Crippen molar-refractivity contribution in [3.8, 4) is 0 Å². The van der Waals surface area contributed by atoms with Gasteiger partial charge in [-0.15, -0.1) is 11.8 Å². The van der Waals surface area contributed by atoms with Crippen molar-refractivity contribution in [3.63, 3.8) is 0 Å². The molecular weight excluding hydrogens is 328 g/mol. The van der Waals surface area contributed by atoms with E-state index in [1.165, 1.54) is 7.11 Å². The molecule has 0 bridgehead atoms. The molecule has 4 nitrogen and oxygen atoms in total. The van der Waals surface area contributed by atoms with Gasteiger partial charge in [-0.3, -0.25) is 4.79 Å². The summed E-state index contributed by atoms with van der Waals surface area (Å²) in [6.45, 7) is 4.58. The van der Waals surface area contributed by atoms with Crippen molar-refractivity contribution < 1.29 is 9.53 Å². The van der Waals surface area contributed by atoms with E-state index in [0.29, 0.717) is 6.42 Å². The average Bonchev–Trinajstić information content (AvgIpc) is 2.40. The first-order chi connectivity index (χ1) is 9.01. The van der Waals surface area contributed by atoms with E-state index >= 15 is 0 Å². The van der Waals surface area contributed by atoms with Gasteiger partial charge in [-0.05, 0) is 48.0 Å². The molecule has 1 unspecified atom stereocenters. The smallest absolute Gasteiger partial charge is 0.325 e. The maximum absolute atomic E-state index is 11.8. The van der Waals surface area contributed by atoms with Crippen LogP contribution in [0.5, 0.6) is 0 Å². The van der Waals surface area contributed by atoms with Gasteiger partial charge in [0.2, 0.25) is 0 Å². The highest BCUT2D eigenvalue weighted by atomic mass is 79.9. The molecule has 6 heteroatoms. The Bertz CT molecular complexity index is 414. The zero-order valence-electron chi connectivity index (χ0n) is 11.4. The molecule has 0 spiro atoms. The molecule has 1 aromatic heterocycles. The standard InChI is InChI=1S/C13H19BrN2O2S/c1-4-16-13(2,12(17)18-3)7-8-19-11-6-5-10(14)9-15-11/h5-6,9,16H,4,7-8H2,1-3H3. The zero-order valence-corrected chi connectivity index (χ0v) is 13.8. The number of carbonyl (C=O) groups excluding carboxylic acids is 1. The van der Waals surface area contributed by atoms with Crippen LogP contribution >= 0.6 is 27.7 Å². The number of pyridine rings is 1. The lowest BCUT2D eigenvalue weighted by molar-refractivity contribution is -0.147. The minimum Gasteiger partial charge on any atom is -0.468 e. The van der Waals surface area contributed by atoms with E-state index in [2.05, 4.69) is 26.2 Å². The second-order valence-electron chi connectivity index (χ2n) is 4.27. The topological polar surface area (TPSA) is 51.2 Å². The van der Waals surface area contributed by atoms with Crippen molar-refractivity contribution in [2.45, 2.75) is 30.8 Å². The lowest BCUT2D eigenvalue weighted by Crippen LogP contribution is -2.50. The molecule has 0 fully saturated rings. The summed E-state index contributed by atoms with van der Waals surface area (Å²) in [5.41, 5.74) is -0.633. The molecule has 0 aliphatic heterocycles. The molecule has 0 amide bonds. The number of esters is 1. The van der Waals surface area contributed by atoms with E-state index in [1.54, 1.807) is 18.0 Å². The van der Waals surface area contributed by atoms with E-state index in [0.717, 1.165) is 21.8 Å². The van der Waals surface area contributed by atoms with Crippen LogP contribution in [0, 0.1) is 0 Å². The van der Waals surface area contributed by atoms with Crippen molar-refractivity contribution >= 4 is 33.7 Å². The molecule has 0 saturated carbocycles. The molecule has 1 rings (SSSR count). The van der Waals surface area contributed by atoms with E-state index in [-0.39, 0.29) is 5.97 Å². The minimum atomic E-state index is -0.633. The number of carbonyl (C=O) groups is 1. The molecule has 1 aromatic rings. The lowest BCUT2D eigenvalue weighted by Gasteiger charge is -2.27. The van der Waals surface area contributed by atoms with Crippen LogP contribution in [0.25, 0.3) is 0 Å². The first-order valence-electron chi connectivity index (χ1n) is 6.09. The lowest BCUT2D eigenvalue weighted by atomic mass is 9.99. The van der Waals surface area contributed by atoms with Crippen molar-refractivity contribution in [3.05, 3.63) is 22.8 Å². The van der Waals surface area contributed by atoms with Gasteiger partial charge in [-0.2, -0.15) is 0 Å². The SMILES string of the molecule is CCNC(C)(CCSc1ccc(Br)cn1)C(=O)OC. The van der Waals surface area contributed by atoms with Crippen LogP contribution in [0.1, 0.15) is 20.3 Å². The van der Waals surface area contributed by atoms with Gasteiger partial charge in [-0.25, -0.2) is 4.98 Å². The third-order valence-electron chi connectivity index (χ3n) is 2.76. The molecule has 0 saturated heterocycles. The maximum Gasteiger partial charge on any atom is 0.325 e. The van der Waals surface area contributed by atoms with Crippen LogP contribution in [0.3, 0.4) is 0 Å². The van der Waals surface area contributed by atoms with Gasteiger partial charge in [0.25, 0.3) is 0 Å². The van der Waals surface area contributed by atoms with Crippen LogP contribution in [-0.2, 0) is 9.53 Å². The molecule has 0 aliphatic carbocycles. The van der Waals surface area contributed by atoms with Crippen LogP contribution in [0.15, 0.2) is 27.8 Å². The van der Waals surface area contributed by atoms with Crippen LogP contribution < -0.4 is 5.32 Å². The normalized spacial score (nSPS) is 13.9. The summed E-state index contributed by atoms with van der Waals surface area (Å²) in [5.74, 6) is 0.575. The first kappa shape index (κ1) is 16.5. The van der Waals surface area contributed by atoms with Gasteiger partial charge >= 0.3 is 5.97 Å². The summed E-state index contributed by atoms with van der Waals surface area (Å²) in [6.07, 6.45) is 2.46. The molecule has 1 atom stereocenters. The number of likely N-dealkylation sites (N-methyl/N-ethyl adjacent to an activating group) is 1. The number of nitrogens with zero attached hydrogens (tertiary/aromatic N) is 1. The fraction of sp³-hybridized carbons (Fsp3) is 0.538. The summed E-state index contributed by atoms with van der Waals surface area (Å²) in [5, 5.41) is 4.14. The monoisotopic (exact) mass is 346 g/mol. The molecule has 1 N–H and O–H groups in total. The third-order valence-corrected chi connectivity index (χ3v) is 4.17. The van der Waals surface area contributed by atoms with Gasteiger partial charge in [0.1, 0.15) is 5.54 Å². The number of halogens is 1. The highest BCUT2D eigenvalue weighted by Crippen LogP contribution is 2.22. The number of rotatable bonds is 7. The third kappa shape index (κ3) is 5.12. The van der Waals surface area contributed by atoms with E-state index < -0.39 is 5.54 Å². The summed E-state index contributed by atoms with van der Waals surface area (Å²) in [4.78, 5) is 16.1. The number of hydrogen-bond acceptors (Lipinski definition) is 5. The second-order valence-corrected chi connectivity index (χ2v) is 6.30. The molecular formula is C13H19BrN2O2S. The Kier molecular flexibility index (Phi) is 6.82. The average molecular weight is 347 g/mol. The Balaban J connectivity index is 2.52. The van der Waals surface area contributed by atoms with E-state index in [4.69, 9.17) is 4.74 Å². The van der Waals surface area contributed by atoms with Gasteiger partial charge in [0.05, 0.1) is 12.1 Å². The number of thioether (sulfide) groups is 1. The molecule has 0 aromatic carbocycles. The summed E-state index contributed by atoms with van der Waals surface area (Å²) in [7, 11) is 1.42. The Hall–Kier alpha value is -0.590. The molecule has 0 aliphatic rings. The predicted molar refractivity (Wildman–Crippen MR) is 81.4 cm³/mol. The highest BCUT2D eigenvalue weighted by molar-refractivity contribution is 9.10. The number of methoxy groups -OCH3 is 1. The van der Waals surface area contributed by atoms with Gasteiger partial charge < -0.3 is 10.1 Å². The number of nitrogens with one attached hydrogen (secondary N) is 1. The van der Waals surface area contributed by atoms with E-state index in [9.17, 15) is 4.79 Å². The van der Waals surface area contributed by atoms with Gasteiger partial charge in [0.15, 0.2) is 0 Å². The fourth-order valence-electron chi connectivity index (χ4n) is 1.69. The van der Waals surface area contributed by atoms with Gasteiger partial charge in [0, 0.05) is 16.4 Å². The van der Waals surface area contributed by atoms with E-state index in [1.807, 2.05) is 26.0 Å². The minimum absolute atomic E-state index is 0.223. The Morgan fingerprint density at radius 3 is 2.84 bits per heavy atom. The molecule has 106 valence electrons. The van der Waals surface area contributed by atoms with Crippen molar-refractivity contribution in [2.75, 3.05) is 19.4 Å². The van der Waals surface area contributed by atoms with Crippen LogP contribution in [0.4, 0.5) is 0 Å². The summed E-state index contributed by atoms with van der Waals surface area (Å²) in [6, 6.07) is 3.91. The number of hydrogen-bond donors (Lipinski definition) is 1. The number of ether oxygens (including phenoxy) is 1. The second kappa shape index (κ2) is 7.87. The zero-order chi connectivity index (χ0) is 14.3. The van der Waals surface area contributed by atoms with Crippen molar-refractivity contribution in [1.82, 2.24) is 10.3 Å². The Labute approximate surface area is 126 Å². The molecule has 1 heterocycles. The van der Waals surface area contributed by atoms with Crippen LogP contribution in [0.2, 0.25) is 0 Å². The fourth-order valence-corrected chi connectivity index (χ4v) is 2.93. The quantitative estimate of drug-likeness (QED) is 0.607. The summed E-state index contributed by atoms with van der Waals surface area (Å²) < 4.78 is 5.82. The van der Waals surface area contributed by atoms with Crippen molar-refractivity contribution in [2.24, 2.45) is 0 Å². The van der Waals surface area contributed by atoms with Crippen molar-refractivity contribution in [1.29, 1.82) is 0 Å². The Morgan fingerprint density at radius 1 is 1.58 bits per heavy atom. The first-order valence-corrected chi connectivity index (χ1v) is 7.87. The molecule has 19 heavy (non-hydrogen) atoms.